The van der Waals surface area contributed by atoms with Crippen LogP contribution in [0.15, 0.2) is 28.7 Å². The highest BCUT2D eigenvalue weighted by Gasteiger charge is 2.15. The Morgan fingerprint density at radius 2 is 1.78 bits per heavy atom. The summed E-state index contributed by atoms with van der Waals surface area (Å²) in [5.74, 6) is 1.66. The van der Waals surface area contributed by atoms with Gasteiger partial charge >= 0.3 is 0 Å². The van der Waals surface area contributed by atoms with Gasteiger partial charge in [0, 0.05) is 12.0 Å². The van der Waals surface area contributed by atoms with E-state index >= 15 is 0 Å². The topological polar surface area (TPSA) is 33.4 Å². The van der Waals surface area contributed by atoms with E-state index in [1.165, 1.54) is 11.1 Å². The molecule has 0 amide bonds. The molecular formula is C16H20O2. The number of furan rings is 1. The SMILES string of the molecule is Cc1cc(C(O)Cc2ccc(C)c(C)c2)c(C)o1. The summed E-state index contributed by atoms with van der Waals surface area (Å²) in [6.45, 7) is 7.99. The van der Waals surface area contributed by atoms with Gasteiger partial charge in [0.1, 0.15) is 11.5 Å². The molecule has 96 valence electrons. The van der Waals surface area contributed by atoms with Gasteiger partial charge in [-0.25, -0.2) is 0 Å². The number of hydrogen-bond acceptors (Lipinski definition) is 2. The highest BCUT2D eigenvalue weighted by molar-refractivity contribution is 5.32. The van der Waals surface area contributed by atoms with Crippen molar-refractivity contribution in [3.8, 4) is 0 Å². The van der Waals surface area contributed by atoms with Crippen LogP contribution in [0.3, 0.4) is 0 Å². The average Bonchev–Trinajstić information content (AvgIpc) is 2.63. The van der Waals surface area contributed by atoms with Crippen molar-refractivity contribution in [1.82, 2.24) is 0 Å². The lowest BCUT2D eigenvalue weighted by Crippen LogP contribution is -2.02. The fourth-order valence-corrected chi connectivity index (χ4v) is 2.25. The number of rotatable bonds is 3. The first-order chi connectivity index (χ1) is 8.47. The predicted molar refractivity (Wildman–Crippen MR) is 72.8 cm³/mol. The fourth-order valence-electron chi connectivity index (χ4n) is 2.25. The molecule has 0 saturated carbocycles. The van der Waals surface area contributed by atoms with E-state index in [1.54, 1.807) is 0 Å². The van der Waals surface area contributed by atoms with Gasteiger partial charge in [0.05, 0.1) is 6.10 Å². The molecule has 0 fully saturated rings. The summed E-state index contributed by atoms with van der Waals surface area (Å²) in [6, 6.07) is 8.24. The molecule has 1 atom stereocenters. The Labute approximate surface area is 108 Å². The highest BCUT2D eigenvalue weighted by atomic mass is 16.3. The van der Waals surface area contributed by atoms with E-state index in [9.17, 15) is 5.11 Å². The van der Waals surface area contributed by atoms with Gasteiger partial charge in [0.15, 0.2) is 0 Å². The van der Waals surface area contributed by atoms with E-state index in [4.69, 9.17) is 4.42 Å². The van der Waals surface area contributed by atoms with Gasteiger partial charge in [0.2, 0.25) is 0 Å². The van der Waals surface area contributed by atoms with Crippen LogP contribution in [-0.4, -0.2) is 5.11 Å². The molecule has 2 nitrogen and oxygen atoms in total. The van der Waals surface area contributed by atoms with Crippen molar-refractivity contribution >= 4 is 0 Å². The molecule has 18 heavy (non-hydrogen) atoms. The van der Waals surface area contributed by atoms with Crippen molar-refractivity contribution in [2.24, 2.45) is 0 Å². The van der Waals surface area contributed by atoms with Gasteiger partial charge in [-0.2, -0.15) is 0 Å². The maximum Gasteiger partial charge on any atom is 0.106 e. The van der Waals surface area contributed by atoms with Crippen molar-refractivity contribution in [1.29, 1.82) is 0 Å². The number of hydrogen-bond donors (Lipinski definition) is 1. The molecule has 2 heteroatoms. The first kappa shape index (κ1) is 12.9. The van der Waals surface area contributed by atoms with E-state index in [-0.39, 0.29) is 0 Å². The first-order valence-corrected chi connectivity index (χ1v) is 6.28. The molecule has 0 spiro atoms. The molecule has 1 unspecified atom stereocenters. The summed E-state index contributed by atoms with van der Waals surface area (Å²) >= 11 is 0. The summed E-state index contributed by atoms with van der Waals surface area (Å²) in [5.41, 5.74) is 4.60. The summed E-state index contributed by atoms with van der Waals surface area (Å²) < 4.78 is 5.46. The van der Waals surface area contributed by atoms with Gasteiger partial charge in [-0.3, -0.25) is 0 Å². The largest absolute Gasteiger partial charge is 0.466 e. The molecule has 0 bridgehead atoms. The maximum absolute atomic E-state index is 10.3. The Morgan fingerprint density at radius 3 is 2.33 bits per heavy atom. The third-order valence-corrected chi connectivity index (χ3v) is 3.44. The van der Waals surface area contributed by atoms with Crippen molar-refractivity contribution < 1.29 is 9.52 Å². The quantitative estimate of drug-likeness (QED) is 0.891. The third kappa shape index (κ3) is 2.65. The number of aliphatic hydroxyl groups is 1. The molecular weight excluding hydrogens is 224 g/mol. The van der Waals surface area contributed by atoms with Crippen LogP contribution in [-0.2, 0) is 6.42 Å². The smallest absolute Gasteiger partial charge is 0.106 e. The Morgan fingerprint density at radius 1 is 1.06 bits per heavy atom. The maximum atomic E-state index is 10.3. The van der Waals surface area contributed by atoms with Crippen LogP contribution in [0.1, 0.15) is 39.9 Å². The van der Waals surface area contributed by atoms with Crippen molar-refractivity contribution in [2.45, 2.75) is 40.2 Å². The van der Waals surface area contributed by atoms with E-state index in [1.807, 2.05) is 19.9 Å². The second-order valence-electron chi connectivity index (χ2n) is 5.01. The lowest BCUT2D eigenvalue weighted by Gasteiger charge is -2.11. The zero-order valence-corrected chi connectivity index (χ0v) is 11.4. The van der Waals surface area contributed by atoms with E-state index in [0.717, 1.165) is 22.6 Å². The molecule has 0 radical (unpaired) electrons. The molecule has 1 aromatic carbocycles. The molecule has 0 saturated heterocycles. The number of benzene rings is 1. The molecule has 2 rings (SSSR count). The zero-order chi connectivity index (χ0) is 13.3. The second kappa shape index (κ2) is 4.99. The second-order valence-corrected chi connectivity index (χ2v) is 5.01. The van der Waals surface area contributed by atoms with E-state index in [2.05, 4.69) is 32.0 Å². The molecule has 0 aliphatic carbocycles. The van der Waals surface area contributed by atoms with E-state index < -0.39 is 6.10 Å². The van der Waals surface area contributed by atoms with Crippen LogP contribution in [0, 0.1) is 27.7 Å². The van der Waals surface area contributed by atoms with Crippen molar-refractivity contribution in [3.63, 3.8) is 0 Å². The van der Waals surface area contributed by atoms with Gasteiger partial charge < -0.3 is 9.52 Å². The molecule has 1 heterocycles. The molecule has 1 aromatic heterocycles. The average molecular weight is 244 g/mol. The Kier molecular flexibility index (Phi) is 3.58. The highest BCUT2D eigenvalue weighted by Crippen LogP contribution is 2.25. The minimum Gasteiger partial charge on any atom is -0.466 e. The van der Waals surface area contributed by atoms with Gasteiger partial charge in [-0.1, -0.05) is 18.2 Å². The Hall–Kier alpha value is -1.54. The summed E-state index contributed by atoms with van der Waals surface area (Å²) in [5, 5.41) is 10.3. The fraction of sp³-hybridized carbons (Fsp3) is 0.375. The molecule has 1 N–H and O–H groups in total. The van der Waals surface area contributed by atoms with Crippen molar-refractivity contribution in [3.05, 3.63) is 58.0 Å². The van der Waals surface area contributed by atoms with E-state index in [0.29, 0.717) is 6.42 Å². The van der Waals surface area contributed by atoms with Crippen molar-refractivity contribution in [2.75, 3.05) is 0 Å². The molecule has 0 aliphatic heterocycles. The summed E-state index contributed by atoms with van der Waals surface area (Å²) in [4.78, 5) is 0. The standard InChI is InChI=1S/C16H20O2/c1-10-5-6-14(7-11(10)2)9-16(17)15-8-12(3)18-13(15)4/h5-8,16-17H,9H2,1-4H3. The van der Waals surface area contributed by atoms with Gasteiger partial charge in [-0.05, 0) is 50.5 Å². The van der Waals surface area contributed by atoms with Gasteiger partial charge in [-0.15, -0.1) is 0 Å². The zero-order valence-electron chi connectivity index (χ0n) is 11.4. The minimum absolute atomic E-state index is 0.496. The Balaban J connectivity index is 2.18. The van der Waals surface area contributed by atoms with Crippen LogP contribution in [0.5, 0.6) is 0 Å². The third-order valence-electron chi connectivity index (χ3n) is 3.44. The monoisotopic (exact) mass is 244 g/mol. The normalized spacial score (nSPS) is 12.7. The first-order valence-electron chi connectivity index (χ1n) is 6.28. The van der Waals surface area contributed by atoms with Crippen LogP contribution >= 0.6 is 0 Å². The van der Waals surface area contributed by atoms with Crippen LogP contribution in [0.25, 0.3) is 0 Å². The number of aliphatic hydroxyl groups excluding tert-OH is 1. The summed E-state index contributed by atoms with van der Waals surface area (Å²) in [7, 11) is 0. The van der Waals surface area contributed by atoms with Crippen LogP contribution in [0.2, 0.25) is 0 Å². The lowest BCUT2D eigenvalue weighted by atomic mass is 9.98. The lowest BCUT2D eigenvalue weighted by molar-refractivity contribution is 0.176. The molecule has 2 aromatic rings. The van der Waals surface area contributed by atoms with Crippen LogP contribution in [0.4, 0.5) is 0 Å². The predicted octanol–water partition coefficient (Wildman–Crippen LogP) is 3.79. The van der Waals surface area contributed by atoms with Crippen LogP contribution < -0.4 is 0 Å². The number of aryl methyl sites for hydroxylation is 4. The Bertz CT molecular complexity index is 552. The minimum atomic E-state index is -0.496. The summed E-state index contributed by atoms with van der Waals surface area (Å²) in [6.07, 6.45) is 0.130. The van der Waals surface area contributed by atoms with Gasteiger partial charge in [0.25, 0.3) is 0 Å². The molecule has 0 aliphatic rings.